The van der Waals surface area contributed by atoms with Crippen LogP contribution in [0.1, 0.15) is 52.8 Å². The first-order valence-corrected chi connectivity index (χ1v) is 7.40. The van der Waals surface area contributed by atoms with Crippen molar-refractivity contribution in [3.63, 3.8) is 0 Å². The monoisotopic (exact) mass is 283 g/mol. The molecule has 0 bridgehead atoms. The highest BCUT2D eigenvalue weighted by Crippen LogP contribution is 2.26. The molecule has 5 heteroatoms. The number of nitrogens with one attached hydrogen (secondary N) is 1. The molecule has 0 spiro atoms. The van der Waals surface area contributed by atoms with Crippen LogP contribution in [0.5, 0.6) is 5.75 Å². The van der Waals surface area contributed by atoms with Gasteiger partial charge in [-0.15, -0.1) is 0 Å². The Labute approximate surface area is 122 Å². The molecule has 116 valence electrons. The summed E-state index contributed by atoms with van der Waals surface area (Å²) in [4.78, 5) is 0. The molecule has 0 amide bonds. The van der Waals surface area contributed by atoms with Gasteiger partial charge in [-0.1, -0.05) is 13.8 Å². The lowest BCUT2D eigenvalue weighted by Gasteiger charge is -2.26. The van der Waals surface area contributed by atoms with Gasteiger partial charge in [0, 0.05) is 6.54 Å². The highest BCUT2D eigenvalue weighted by molar-refractivity contribution is 5.28. The van der Waals surface area contributed by atoms with Gasteiger partial charge in [-0.2, -0.15) is 5.10 Å². The molecule has 20 heavy (non-hydrogen) atoms. The number of likely N-dealkylation sites (N-methyl/N-ethyl adjacent to an activating group) is 1. The SMILES string of the molecule is CCCn1ncc(OC)c1C(COC(C)(C)C)NCC. The van der Waals surface area contributed by atoms with E-state index < -0.39 is 0 Å². The summed E-state index contributed by atoms with van der Waals surface area (Å²) in [6.07, 6.45) is 2.82. The van der Waals surface area contributed by atoms with Crippen molar-refractivity contribution in [3.8, 4) is 5.75 Å². The summed E-state index contributed by atoms with van der Waals surface area (Å²) in [5.41, 5.74) is 0.914. The van der Waals surface area contributed by atoms with Crippen LogP contribution in [-0.2, 0) is 11.3 Å². The van der Waals surface area contributed by atoms with Gasteiger partial charge in [0.1, 0.15) is 0 Å². The first-order valence-electron chi connectivity index (χ1n) is 7.40. The lowest BCUT2D eigenvalue weighted by Crippen LogP contribution is -2.32. The molecule has 0 aromatic carbocycles. The van der Waals surface area contributed by atoms with Crippen LogP contribution in [0.15, 0.2) is 6.20 Å². The predicted octanol–water partition coefficient (Wildman–Crippen LogP) is 2.77. The smallest absolute Gasteiger partial charge is 0.161 e. The van der Waals surface area contributed by atoms with Crippen LogP contribution in [-0.4, -0.2) is 35.6 Å². The van der Waals surface area contributed by atoms with Crippen LogP contribution in [0.2, 0.25) is 0 Å². The molecule has 0 fully saturated rings. The Bertz CT molecular complexity index is 396. The molecular weight excluding hydrogens is 254 g/mol. The normalized spacial score (nSPS) is 13.5. The van der Waals surface area contributed by atoms with Crippen molar-refractivity contribution < 1.29 is 9.47 Å². The molecule has 5 nitrogen and oxygen atoms in total. The Hall–Kier alpha value is -1.07. The van der Waals surface area contributed by atoms with Crippen LogP contribution in [0.3, 0.4) is 0 Å². The van der Waals surface area contributed by atoms with Crippen LogP contribution >= 0.6 is 0 Å². The number of hydrogen-bond donors (Lipinski definition) is 1. The average molecular weight is 283 g/mol. The first kappa shape index (κ1) is 17.0. The van der Waals surface area contributed by atoms with Gasteiger partial charge in [0.15, 0.2) is 5.75 Å². The number of ether oxygens (including phenoxy) is 2. The van der Waals surface area contributed by atoms with E-state index in [2.05, 4.69) is 45.0 Å². The third kappa shape index (κ3) is 4.80. The molecular formula is C15H29N3O2. The molecule has 0 aliphatic rings. The fraction of sp³-hybridized carbons (Fsp3) is 0.800. The third-order valence-corrected chi connectivity index (χ3v) is 2.96. The molecule has 1 N–H and O–H groups in total. The maximum Gasteiger partial charge on any atom is 0.161 e. The van der Waals surface area contributed by atoms with Crippen molar-refractivity contribution in [1.82, 2.24) is 15.1 Å². The first-order chi connectivity index (χ1) is 9.42. The fourth-order valence-corrected chi connectivity index (χ4v) is 2.09. The van der Waals surface area contributed by atoms with Gasteiger partial charge >= 0.3 is 0 Å². The number of nitrogens with zero attached hydrogens (tertiary/aromatic N) is 2. The second kappa shape index (κ2) is 7.64. The number of aromatic nitrogens is 2. The number of methoxy groups -OCH3 is 1. The third-order valence-electron chi connectivity index (χ3n) is 2.96. The molecule has 1 unspecified atom stereocenters. The maximum absolute atomic E-state index is 5.94. The zero-order valence-corrected chi connectivity index (χ0v) is 13.7. The highest BCUT2D eigenvalue weighted by Gasteiger charge is 2.23. The molecule has 1 aromatic heterocycles. The van der Waals surface area contributed by atoms with E-state index in [0.717, 1.165) is 31.0 Å². The summed E-state index contributed by atoms with van der Waals surface area (Å²) in [5.74, 6) is 0.821. The van der Waals surface area contributed by atoms with Gasteiger partial charge in [-0.3, -0.25) is 4.68 Å². The van der Waals surface area contributed by atoms with Crippen molar-refractivity contribution in [1.29, 1.82) is 0 Å². The molecule has 1 aromatic rings. The van der Waals surface area contributed by atoms with Crippen LogP contribution in [0.25, 0.3) is 0 Å². The van der Waals surface area contributed by atoms with Gasteiger partial charge in [-0.25, -0.2) is 0 Å². The summed E-state index contributed by atoms with van der Waals surface area (Å²) in [6, 6.07) is 0.0863. The van der Waals surface area contributed by atoms with Crippen molar-refractivity contribution in [2.24, 2.45) is 0 Å². The second-order valence-electron chi connectivity index (χ2n) is 5.85. The molecule has 1 atom stereocenters. The molecule has 0 saturated carbocycles. The number of aryl methyl sites for hydroxylation is 1. The highest BCUT2D eigenvalue weighted by atomic mass is 16.5. The van der Waals surface area contributed by atoms with Crippen LogP contribution in [0.4, 0.5) is 0 Å². The van der Waals surface area contributed by atoms with Crippen molar-refractivity contribution in [3.05, 3.63) is 11.9 Å². The van der Waals surface area contributed by atoms with E-state index in [0.29, 0.717) is 6.61 Å². The number of rotatable bonds is 8. The van der Waals surface area contributed by atoms with E-state index in [4.69, 9.17) is 9.47 Å². The van der Waals surface area contributed by atoms with Gasteiger partial charge < -0.3 is 14.8 Å². The summed E-state index contributed by atoms with van der Waals surface area (Å²) in [7, 11) is 1.68. The molecule has 0 aliphatic carbocycles. The standard InChI is InChI=1S/C15H29N3O2/c1-7-9-18-14(13(19-6)10-17-18)12(16-8-2)11-20-15(3,4)5/h10,12,16H,7-9,11H2,1-6H3. The Kier molecular flexibility index (Phi) is 6.49. The van der Waals surface area contributed by atoms with Gasteiger partial charge in [0.05, 0.1) is 37.3 Å². The van der Waals surface area contributed by atoms with E-state index in [-0.39, 0.29) is 11.6 Å². The molecule has 0 radical (unpaired) electrons. The van der Waals surface area contributed by atoms with E-state index in [1.54, 1.807) is 13.3 Å². The topological polar surface area (TPSA) is 48.3 Å². The fourth-order valence-electron chi connectivity index (χ4n) is 2.09. The van der Waals surface area contributed by atoms with Gasteiger partial charge in [-0.05, 0) is 33.7 Å². The van der Waals surface area contributed by atoms with Gasteiger partial charge in [0.25, 0.3) is 0 Å². The summed E-state index contributed by atoms with van der Waals surface area (Å²) < 4.78 is 13.4. The van der Waals surface area contributed by atoms with Crippen molar-refractivity contribution in [2.45, 2.75) is 59.2 Å². The van der Waals surface area contributed by atoms with E-state index >= 15 is 0 Å². The average Bonchev–Trinajstić information content (AvgIpc) is 2.77. The van der Waals surface area contributed by atoms with Crippen LogP contribution < -0.4 is 10.1 Å². The minimum absolute atomic E-state index is 0.0863. The second-order valence-corrected chi connectivity index (χ2v) is 5.85. The Morgan fingerprint density at radius 2 is 2.05 bits per heavy atom. The molecule has 0 saturated heterocycles. The summed E-state index contributed by atoms with van der Waals surface area (Å²) in [5, 5.41) is 7.89. The largest absolute Gasteiger partial charge is 0.493 e. The number of hydrogen-bond acceptors (Lipinski definition) is 4. The molecule has 1 rings (SSSR count). The van der Waals surface area contributed by atoms with Crippen molar-refractivity contribution >= 4 is 0 Å². The Morgan fingerprint density at radius 3 is 2.55 bits per heavy atom. The van der Waals surface area contributed by atoms with E-state index in [1.807, 2.05) is 4.68 Å². The maximum atomic E-state index is 5.94. The minimum Gasteiger partial charge on any atom is -0.493 e. The summed E-state index contributed by atoms with van der Waals surface area (Å²) in [6.45, 7) is 12.8. The van der Waals surface area contributed by atoms with Crippen molar-refractivity contribution in [2.75, 3.05) is 20.3 Å². The van der Waals surface area contributed by atoms with Crippen LogP contribution in [0, 0.1) is 0 Å². The minimum atomic E-state index is -0.156. The zero-order chi connectivity index (χ0) is 15.2. The Balaban J connectivity index is 2.96. The van der Waals surface area contributed by atoms with E-state index in [1.165, 1.54) is 0 Å². The lowest BCUT2D eigenvalue weighted by molar-refractivity contribution is -0.0159. The van der Waals surface area contributed by atoms with Gasteiger partial charge in [0.2, 0.25) is 0 Å². The van der Waals surface area contributed by atoms with E-state index in [9.17, 15) is 0 Å². The Morgan fingerprint density at radius 1 is 1.35 bits per heavy atom. The predicted molar refractivity (Wildman–Crippen MR) is 81.2 cm³/mol. The molecule has 1 heterocycles. The summed E-state index contributed by atoms with van der Waals surface area (Å²) >= 11 is 0. The quantitative estimate of drug-likeness (QED) is 0.797. The molecule has 0 aliphatic heterocycles. The lowest BCUT2D eigenvalue weighted by atomic mass is 10.1. The zero-order valence-electron chi connectivity index (χ0n) is 13.7.